The predicted molar refractivity (Wildman–Crippen MR) is 70.0 cm³/mol. The van der Waals surface area contributed by atoms with Gasteiger partial charge in [0.1, 0.15) is 0 Å². The van der Waals surface area contributed by atoms with Crippen molar-refractivity contribution in [3.05, 3.63) is 52.6 Å². The van der Waals surface area contributed by atoms with Crippen molar-refractivity contribution in [1.82, 2.24) is 9.55 Å². The average molecular weight is 250 g/mol. The number of rotatable bonds is 4. The van der Waals surface area contributed by atoms with Crippen LogP contribution in [0.4, 0.5) is 0 Å². The van der Waals surface area contributed by atoms with Crippen LogP contribution in [0.2, 0.25) is 5.02 Å². The number of hydrogen-bond acceptors (Lipinski definition) is 2. The molecule has 0 aliphatic carbocycles. The minimum atomic E-state index is 0.529. The molecule has 3 nitrogen and oxygen atoms in total. The van der Waals surface area contributed by atoms with Crippen molar-refractivity contribution in [1.29, 1.82) is 0 Å². The molecule has 1 aromatic heterocycles. The van der Waals surface area contributed by atoms with Gasteiger partial charge in [0.05, 0.1) is 17.7 Å². The highest BCUT2D eigenvalue weighted by molar-refractivity contribution is 6.30. The van der Waals surface area contributed by atoms with Crippen LogP contribution in [0.25, 0.3) is 0 Å². The minimum absolute atomic E-state index is 0.529. The molecule has 2 N–H and O–H groups in total. The minimum Gasteiger partial charge on any atom is -0.336 e. The number of nitrogens with two attached hydrogens (primary N) is 1. The molecular weight excluding hydrogens is 234 g/mol. The number of nitrogens with zero attached hydrogens (tertiary/aromatic N) is 2. The maximum atomic E-state index is 5.95. The highest BCUT2D eigenvalue weighted by Crippen LogP contribution is 2.14. The van der Waals surface area contributed by atoms with Crippen molar-refractivity contribution in [3.8, 4) is 0 Å². The summed E-state index contributed by atoms with van der Waals surface area (Å²) in [5.41, 5.74) is 9.12. The Bertz CT molecular complexity index is 505. The van der Waals surface area contributed by atoms with Crippen LogP contribution in [-0.4, -0.2) is 9.55 Å². The van der Waals surface area contributed by atoms with Gasteiger partial charge < -0.3 is 10.3 Å². The van der Waals surface area contributed by atoms with Gasteiger partial charge in [-0.1, -0.05) is 23.7 Å². The lowest BCUT2D eigenvalue weighted by molar-refractivity contribution is 0.801. The van der Waals surface area contributed by atoms with E-state index in [1.807, 2.05) is 36.1 Å². The smallest absolute Gasteiger partial charge is 0.0949 e. The number of aryl methyl sites for hydroxylation is 3. The van der Waals surface area contributed by atoms with Crippen molar-refractivity contribution in [2.75, 3.05) is 0 Å². The zero-order valence-electron chi connectivity index (χ0n) is 9.86. The third-order valence-electron chi connectivity index (χ3n) is 2.88. The number of halogens is 1. The Balaban J connectivity index is 2.07. The number of hydrogen-bond donors (Lipinski definition) is 1. The van der Waals surface area contributed by atoms with Crippen molar-refractivity contribution in [3.63, 3.8) is 0 Å². The van der Waals surface area contributed by atoms with Gasteiger partial charge in [-0.15, -0.1) is 0 Å². The van der Waals surface area contributed by atoms with E-state index in [2.05, 4.69) is 11.1 Å². The van der Waals surface area contributed by atoms with Crippen LogP contribution in [0.1, 0.15) is 17.0 Å². The van der Waals surface area contributed by atoms with E-state index in [1.165, 1.54) is 5.56 Å². The maximum absolute atomic E-state index is 5.95. The summed E-state index contributed by atoms with van der Waals surface area (Å²) in [6.45, 7) is 0.529. The molecule has 0 atom stereocenters. The van der Waals surface area contributed by atoms with Crippen molar-refractivity contribution < 1.29 is 0 Å². The van der Waals surface area contributed by atoms with E-state index in [4.69, 9.17) is 17.3 Å². The van der Waals surface area contributed by atoms with Gasteiger partial charge in [-0.2, -0.15) is 0 Å². The summed E-state index contributed by atoms with van der Waals surface area (Å²) < 4.78 is 1.98. The molecular formula is C13H16ClN3. The summed E-state index contributed by atoms with van der Waals surface area (Å²) >= 11 is 5.95. The summed E-state index contributed by atoms with van der Waals surface area (Å²) in [4.78, 5) is 4.37. The molecule has 2 rings (SSSR count). The lowest BCUT2D eigenvalue weighted by Gasteiger charge is -2.04. The zero-order chi connectivity index (χ0) is 12.3. The Morgan fingerprint density at radius 2 is 2.18 bits per heavy atom. The Morgan fingerprint density at radius 3 is 2.88 bits per heavy atom. The second-order valence-electron chi connectivity index (χ2n) is 4.08. The molecule has 0 saturated heterocycles. The molecule has 0 aliphatic rings. The summed E-state index contributed by atoms with van der Waals surface area (Å²) in [5.74, 6) is 0. The monoisotopic (exact) mass is 249 g/mol. The summed E-state index contributed by atoms with van der Waals surface area (Å²) in [6.07, 6.45) is 3.65. The van der Waals surface area contributed by atoms with Gasteiger partial charge in [0.2, 0.25) is 0 Å². The van der Waals surface area contributed by atoms with Crippen LogP contribution in [0.5, 0.6) is 0 Å². The molecule has 0 bridgehead atoms. The standard InChI is InChI=1S/C13H16ClN3/c1-17-9-16-12(13(17)8-15)6-5-10-3-2-4-11(14)7-10/h2-4,7,9H,5-6,8,15H2,1H3. The Labute approximate surface area is 106 Å². The molecule has 90 valence electrons. The van der Waals surface area contributed by atoms with E-state index >= 15 is 0 Å². The molecule has 0 amide bonds. The molecule has 17 heavy (non-hydrogen) atoms. The molecule has 0 spiro atoms. The SMILES string of the molecule is Cn1cnc(CCc2cccc(Cl)c2)c1CN. The molecule has 4 heteroatoms. The van der Waals surface area contributed by atoms with Gasteiger partial charge in [-0.3, -0.25) is 0 Å². The Hall–Kier alpha value is -1.32. The highest BCUT2D eigenvalue weighted by atomic mass is 35.5. The first-order valence-electron chi connectivity index (χ1n) is 5.64. The number of aromatic nitrogens is 2. The molecule has 0 radical (unpaired) electrons. The second-order valence-corrected chi connectivity index (χ2v) is 4.52. The topological polar surface area (TPSA) is 43.8 Å². The first-order chi connectivity index (χ1) is 8.20. The van der Waals surface area contributed by atoms with E-state index < -0.39 is 0 Å². The molecule has 0 saturated carbocycles. The van der Waals surface area contributed by atoms with E-state index in [0.29, 0.717) is 6.54 Å². The fourth-order valence-electron chi connectivity index (χ4n) is 1.93. The molecule has 0 unspecified atom stereocenters. The molecule has 2 aromatic rings. The predicted octanol–water partition coefficient (Wildman–Crippen LogP) is 2.32. The van der Waals surface area contributed by atoms with Crippen LogP contribution < -0.4 is 5.73 Å². The van der Waals surface area contributed by atoms with Gasteiger partial charge in [-0.05, 0) is 30.5 Å². The van der Waals surface area contributed by atoms with Gasteiger partial charge in [0, 0.05) is 18.6 Å². The fraction of sp³-hybridized carbons (Fsp3) is 0.308. The lowest BCUT2D eigenvalue weighted by Crippen LogP contribution is -2.06. The Morgan fingerprint density at radius 1 is 1.35 bits per heavy atom. The van der Waals surface area contributed by atoms with Crippen LogP contribution in [-0.2, 0) is 26.4 Å². The van der Waals surface area contributed by atoms with Crippen LogP contribution in [0, 0.1) is 0 Å². The molecule has 0 fully saturated rings. The molecule has 0 aliphatic heterocycles. The van der Waals surface area contributed by atoms with Gasteiger partial charge in [0.25, 0.3) is 0 Å². The third kappa shape index (κ3) is 2.87. The van der Waals surface area contributed by atoms with E-state index in [-0.39, 0.29) is 0 Å². The van der Waals surface area contributed by atoms with Crippen LogP contribution in [0.15, 0.2) is 30.6 Å². The number of imidazole rings is 1. The van der Waals surface area contributed by atoms with Crippen LogP contribution >= 0.6 is 11.6 Å². The maximum Gasteiger partial charge on any atom is 0.0949 e. The molecule has 1 aromatic carbocycles. The van der Waals surface area contributed by atoms with Crippen molar-refractivity contribution in [2.45, 2.75) is 19.4 Å². The largest absolute Gasteiger partial charge is 0.336 e. The first-order valence-corrected chi connectivity index (χ1v) is 6.02. The quantitative estimate of drug-likeness (QED) is 0.904. The Kier molecular flexibility index (Phi) is 3.82. The van der Waals surface area contributed by atoms with Gasteiger partial charge in [-0.25, -0.2) is 4.98 Å². The van der Waals surface area contributed by atoms with E-state index in [0.717, 1.165) is 29.3 Å². The van der Waals surface area contributed by atoms with E-state index in [9.17, 15) is 0 Å². The first kappa shape index (κ1) is 12.1. The normalized spacial score (nSPS) is 10.8. The highest BCUT2D eigenvalue weighted by Gasteiger charge is 2.07. The summed E-state index contributed by atoms with van der Waals surface area (Å²) in [6, 6.07) is 7.93. The molecule has 1 heterocycles. The summed E-state index contributed by atoms with van der Waals surface area (Å²) in [7, 11) is 1.97. The average Bonchev–Trinajstić information content (AvgIpc) is 2.67. The van der Waals surface area contributed by atoms with Gasteiger partial charge >= 0.3 is 0 Å². The van der Waals surface area contributed by atoms with Crippen LogP contribution in [0.3, 0.4) is 0 Å². The second kappa shape index (κ2) is 5.34. The summed E-state index contributed by atoms with van der Waals surface area (Å²) in [5, 5.41) is 0.780. The number of benzene rings is 1. The lowest BCUT2D eigenvalue weighted by atomic mass is 10.1. The fourth-order valence-corrected chi connectivity index (χ4v) is 2.14. The zero-order valence-corrected chi connectivity index (χ0v) is 10.6. The van der Waals surface area contributed by atoms with Gasteiger partial charge in [0.15, 0.2) is 0 Å². The third-order valence-corrected chi connectivity index (χ3v) is 3.11. The van der Waals surface area contributed by atoms with Crippen molar-refractivity contribution >= 4 is 11.6 Å². The van der Waals surface area contributed by atoms with E-state index in [1.54, 1.807) is 0 Å². The van der Waals surface area contributed by atoms with Crippen molar-refractivity contribution in [2.24, 2.45) is 12.8 Å².